The molecule has 0 heterocycles. The second kappa shape index (κ2) is 8.24. The van der Waals surface area contributed by atoms with Crippen molar-refractivity contribution in [2.24, 2.45) is 0 Å². The van der Waals surface area contributed by atoms with E-state index < -0.39 is 10.0 Å². The zero-order valence-corrected chi connectivity index (χ0v) is 13.9. The van der Waals surface area contributed by atoms with Gasteiger partial charge in [-0.3, -0.25) is 0 Å². The van der Waals surface area contributed by atoms with Crippen molar-refractivity contribution in [3.8, 4) is 5.75 Å². The zero-order chi connectivity index (χ0) is 15.9. The molecule has 0 aliphatic carbocycles. The minimum atomic E-state index is -3.55. The summed E-state index contributed by atoms with van der Waals surface area (Å²) in [5.74, 6) is 0.556. The Balaban J connectivity index is 3.08. The molecule has 0 amide bonds. The summed E-state index contributed by atoms with van der Waals surface area (Å²) in [6, 6.07) is 4.69. The molecule has 0 radical (unpaired) electrons. The van der Waals surface area contributed by atoms with Crippen molar-refractivity contribution in [1.82, 2.24) is 4.31 Å². The second-order valence-corrected chi connectivity index (χ2v) is 6.92. The summed E-state index contributed by atoms with van der Waals surface area (Å²) in [6.07, 6.45) is 3.60. The fourth-order valence-electron chi connectivity index (χ4n) is 2.05. The topological polar surface area (TPSA) is 72.6 Å². The summed E-state index contributed by atoms with van der Waals surface area (Å²) < 4.78 is 32.1. The summed E-state index contributed by atoms with van der Waals surface area (Å²) in [7, 11) is -2.02. The lowest BCUT2D eigenvalue weighted by molar-refractivity contribution is 0.395. The maximum Gasteiger partial charge on any atom is 0.245 e. The summed E-state index contributed by atoms with van der Waals surface area (Å²) >= 11 is 0. The van der Waals surface area contributed by atoms with Gasteiger partial charge in [0.25, 0.3) is 0 Å². The Bertz CT molecular complexity index is 536. The van der Waals surface area contributed by atoms with Crippen LogP contribution in [0.15, 0.2) is 23.1 Å². The average molecular weight is 314 g/mol. The number of benzene rings is 1. The number of unbranched alkanes of at least 4 members (excludes halogenated alkanes) is 2. The molecule has 0 saturated heterocycles. The molecule has 0 fully saturated rings. The van der Waals surface area contributed by atoms with Crippen LogP contribution >= 0.6 is 0 Å². The SMILES string of the molecule is CCCCN(CCCC)S(=O)(=O)c1ccc(OC)cc1N. The molecule has 0 atom stereocenters. The van der Waals surface area contributed by atoms with Crippen molar-refractivity contribution >= 4 is 15.7 Å². The third-order valence-electron chi connectivity index (χ3n) is 3.36. The Morgan fingerprint density at radius 1 is 1.14 bits per heavy atom. The third-order valence-corrected chi connectivity index (χ3v) is 5.33. The predicted octanol–water partition coefficient (Wildman–Crippen LogP) is 2.87. The Labute approximate surface area is 128 Å². The van der Waals surface area contributed by atoms with Crippen LogP contribution in [0.25, 0.3) is 0 Å². The van der Waals surface area contributed by atoms with Gasteiger partial charge in [-0.2, -0.15) is 4.31 Å². The van der Waals surface area contributed by atoms with Crippen molar-refractivity contribution in [2.75, 3.05) is 25.9 Å². The van der Waals surface area contributed by atoms with Gasteiger partial charge in [-0.05, 0) is 25.0 Å². The molecule has 1 rings (SSSR count). The maximum absolute atomic E-state index is 12.8. The van der Waals surface area contributed by atoms with E-state index in [0.29, 0.717) is 18.8 Å². The largest absolute Gasteiger partial charge is 0.497 e. The molecule has 1 aromatic carbocycles. The van der Waals surface area contributed by atoms with Gasteiger partial charge in [-0.15, -0.1) is 0 Å². The van der Waals surface area contributed by atoms with Gasteiger partial charge in [0, 0.05) is 19.2 Å². The first-order chi connectivity index (χ1) is 9.97. The summed E-state index contributed by atoms with van der Waals surface area (Å²) in [4.78, 5) is 0.163. The molecular formula is C15H26N2O3S. The van der Waals surface area contributed by atoms with Crippen molar-refractivity contribution in [3.63, 3.8) is 0 Å². The molecule has 0 aromatic heterocycles. The highest BCUT2D eigenvalue weighted by Gasteiger charge is 2.25. The number of nitrogens with two attached hydrogens (primary N) is 1. The number of anilines is 1. The summed E-state index contributed by atoms with van der Waals surface area (Å²) in [5, 5.41) is 0. The zero-order valence-electron chi connectivity index (χ0n) is 13.1. The van der Waals surface area contributed by atoms with Gasteiger partial charge >= 0.3 is 0 Å². The Morgan fingerprint density at radius 3 is 2.14 bits per heavy atom. The van der Waals surface area contributed by atoms with Crippen LogP contribution < -0.4 is 10.5 Å². The molecule has 0 aliphatic rings. The average Bonchev–Trinajstić information content (AvgIpc) is 2.46. The lowest BCUT2D eigenvalue weighted by Gasteiger charge is -2.22. The summed E-state index contributed by atoms with van der Waals surface area (Å²) in [5.41, 5.74) is 6.12. The molecule has 6 heteroatoms. The van der Waals surface area contributed by atoms with Crippen LogP contribution in [-0.4, -0.2) is 32.9 Å². The molecule has 0 saturated carbocycles. The number of nitrogen functional groups attached to an aromatic ring is 1. The lowest BCUT2D eigenvalue weighted by atomic mass is 10.3. The van der Waals surface area contributed by atoms with Crippen LogP contribution in [0.1, 0.15) is 39.5 Å². The Hall–Kier alpha value is -1.27. The maximum atomic E-state index is 12.8. The monoisotopic (exact) mass is 314 g/mol. The highest BCUT2D eigenvalue weighted by Crippen LogP contribution is 2.27. The van der Waals surface area contributed by atoms with Gasteiger partial charge in [-0.25, -0.2) is 8.42 Å². The van der Waals surface area contributed by atoms with Crippen LogP contribution in [0.2, 0.25) is 0 Å². The quantitative estimate of drug-likeness (QED) is 0.711. The molecule has 2 N–H and O–H groups in total. The van der Waals surface area contributed by atoms with Crippen molar-refractivity contribution in [3.05, 3.63) is 18.2 Å². The van der Waals surface area contributed by atoms with E-state index in [1.165, 1.54) is 17.5 Å². The molecule has 21 heavy (non-hydrogen) atoms. The van der Waals surface area contributed by atoms with Gasteiger partial charge in [0.15, 0.2) is 0 Å². The fraction of sp³-hybridized carbons (Fsp3) is 0.600. The standard InChI is InChI=1S/C15H26N2O3S/c1-4-6-10-17(11-7-5-2)21(18,19)15-9-8-13(20-3)12-14(15)16/h8-9,12H,4-7,10-11,16H2,1-3H3. The predicted molar refractivity (Wildman–Crippen MR) is 86.0 cm³/mol. The molecule has 0 unspecified atom stereocenters. The van der Waals surface area contributed by atoms with Crippen LogP contribution in [-0.2, 0) is 10.0 Å². The van der Waals surface area contributed by atoms with E-state index in [9.17, 15) is 8.42 Å². The minimum absolute atomic E-state index is 0.163. The van der Waals surface area contributed by atoms with E-state index in [1.807, 2.05) is 13.8 Å². The number of methoxy groups -OCH3 is 1. The van der Waals surface area contributed by atoms with Gasteiger partial charge in [0.2, 0.25) is 10.0 Å². The number of rotatable bonds is 9. The van der Waals surface area contributed by atoms with E-state index in [1.54, 1.807) is 12.1 Å². The minimum Gasteiger partial charge on any atom is -0.497 e. The van der Waals surface area contributed by atoms with Crippen LogP contribution in [0, 0.1) is 0 Å². The smallest absolute Gasteiger partial charge is 0.245 e. The first-order valence-electron chi connectivity index (χ1n) is 7.41. The molecule has 0 aliphatic heterocycles. The van der Waals surface area contributed by atoms with Crippen molar-refractivity contribution < 1.29 is 13.2 Å². The molecule has 5 nitrogen and oxygen atoms in total. The Morgan fingerprint density at radius 2 is 1.71 bits per heavy atom. The summed E-state index contributed by atoms with van der Waals surface area (Å²) in [6.45, 7) is 5.16. The van der Waals surface area contributed by atoms with Crippen molar-refractivity contribution in [1.29, 1.82) is 0 Å². The van der Waals surface area contributed by atoms with E-state index in [-0.39, 0.29) is 10.6 Å². The van der Waals surface area contributed by atoms with Gasteiger partial charge in [0.05, 0.1) is 12.8 Å². The fourth-order valence-corrected chi connectivity index (χ4v) is 3.66. The van der Waals surface area contributed by atoms with Crippen LogP contribution in [0.5, 0.6) is 5.75 Å². The first kappa shape index (κ1) is 17.8. The number of sulfonamides is 1. The highest BCUT2D eigenvalue weighted by atomic mass is 32.2. The highest BCUT2D eigenvalue weighted by molar-refractivity contribution is 7.89. The molecule has 120 valence electrons. The molecular weight excluding hydrogens is 288 g/mol. The second-order valence-electron chi connectivity index (χ2n) is 5.01. The molecule has 0 bridgehead atoms. The lowest BCUT2D eigenvalue weighted by Crippen LogP contribution is -2.33. The third kappa shape index (κ3) is 4.61. The van der Waals surface area contributed by atoms with Crippen LogP contribution in [0.4, 0.5) is 5.69 Å². The van der Waals surface area contributed by atoms with E-state index in [4.69, 9.17) is 10.5 Å². The number of hydrogen-bond acceptors (Lipinski definition) is 4. The van der Waals surface area contributed by atoms with E-state index in [2.05, 4.69) is 0 Å². The number of ether oxygens (including phenoxy) is 1. The molecule has 0 spiro atoms. The first-order valence-corrected chi connectivity index (χ1v) is 8.85. The van der Waals surface area contributed by atoms with E-state index >= 15 is 0 Å². The van der Waals surface area contributed by atoms with E-state index in [0.717, 1.165) is 25.7 Å². The van der Waals surface area contributed by atoms with Crippen LogP contribution in [0.3, 0.4) is 0 Å². The number of hydrogen-bond donors (Lipinski definition) is 1. The van der Waals surface area contributed by atoms with Crippen molar-refractivity contribution in [2.45, 2.75) is 44.4 Å². The normalized spacial score (nSPS) is 11.8. The molecule has 1 aromatic rings. The van der Waals surface area contributed by atoms with Gasteiger partial charge < -0.3 is 10.5 Å². The number of nitrogens with zero attached hydrogens (tertiary/aromatic N) is 1. The van der Waals surface area contributed by atoms with Gasteiger partial charge in [0.1, 0.15) is 10.6 Å². The Kier molecular flexibility index (Phi) is 6.98. The van der Waals surface area contributed by atoms with Gasteiger partial charge in [-0.1, -0.05) is 26.7 Å².